The van der Waals surface area contributed by atoms with Crippen LogP contribution in [0.15, 0.2) is 35.5 Å². The Hall–Kier alpha value is -2.86. The Morgan fingerprint density at radius 2 is 1.97 bits per heavy atom. The molecule has 1 aromatic heterocycles. The maximum absolute atomic E-state index is 12.7. The Morgan fingerprint density at radius 1 is 1.21 bits per heavy atom. The lowest BCUT2D eigenvalue weighted by Crippen LogP contribution is -2.33. The van der Waals surface area contributed by atoms with Gasteiger partial charge in [0.2, 0.25) is 11.8 Å². The summed E-state index contributed by atoms with van der Waals surface area (Å²) in [6.07, 6.45) is 8.91. The second-order valence-electron chi connectivity index (χ2n) is 8.15. The minimum atomic E-state index is -0.152. The smallest absolute Gasteiger partial charge is 0.227 e. The van der Waals surface area contributed by atoms with Crippen molar-refractivity contribution in [2.45, 2.75) is 69.0 Å². The van der Waals surface area contributed by atoms with E-state index in [9.17, 15) is 9.59 Å². The quantitative estimate of drug-likeness (QED) is 0.374. The predicted octanol–water partition coefficient (Wildman–Crippen LogP) is 3.89. The van der Waals surface area contributed by atoms with Gasteiger partial charge in [0.1, 0.15) is 5.82 Å². The van der Waals surface area contributed by atoms with Gasteiger partial charge in [-0.15, -0.1) is 10.2 Å². The number of amides is 2. The van der Waals surface area contributed by atoms with Gasteiger partial charge in [0.05, 0.1) is 12.5 Å². The third-order valence-corrected chi connectivity index (χ3v) is 6.53. The molecule has 176 valence electrons. The van der Waals surface area contributed by atoms with Crippen LogP contribution < -0.4 is 10.2 Å². The molecule has 0 radical (unpaired) electrons. The molecule has 0 bridgehead atoms. The van der Waals surface area contributed by atoms with E-state index in [1.54, 1.807) is 16.7 Å². The van der Waals surface area contributed by atoms with Gasteiger partial charge in [0.15, 0.2) is 5.16 Å². The zero-order valence-electron chi connectivity index (χ0n) is 19.2. The molecule has 1 aliphatic rings. The average molecular weight is 469 g/mol. The van der Waals surface area contributed by atoms with Gasteiger partial charge in [0, 0.05) is 44.1 Å². The first kappa shape index (κ1) is 24.8. The van der Waals surface area contributed by atoms with Crippen LogP contribution in [0.4, 0.5) is 5.69 Å². The molecule has 1 aromatic carbocycles. The number of benzene rings is 1. The molecule has 0 atom stereocenters. The molecule has 1 heterocycles. The van der Waals surface area contributed by atoms with Gasteiger partial charge in [-0.1, -0.05) is 42.8 Å². The number of rotatable bonds is 12. The Labute approximate surface area is 199 Å². The summed E-state index contributed by atoms with van der Waals surface area (Å²) in [5.41, 5.74) is 0.745. The van der Waals surface area contributed by atoms with Gasteiger partial charge < -0.3 is 14.8 Å². The van der Waals surface area contributed by atoms with E-state index in [2.05, 4.69) is 26.2 Å². The minimum absolute atomic E-state index is 0.110. The Bertz CT molecular complexity index is 950. The van der Waals surface area contributed by atoms with Crippen LogP contribution >= 0.6 is 11.8 Å². The van der Waals surface area contributed by atoms with Crippen molar-refractivity contribution in [1.29, 1.82) is 5.26 Å². The summed E-state index contributed by atoms with van der Waals surface area (Å²) in [7, 11) is 0. The van der Waals surface area contributed by atoms with Gasteiger partial charge in [0.25, 0.3) is 0 Å². The Morgan fingerprint density at radius 3 is 2.67 bits per heavy atom. The van der Waals surface area contributed by atoms with Gasteiger partial charge in [-0.2, -0.15) is 5.26 Å². The maximum atomic E-state index is 12.7. The van der Waals surface area contributed by atoms with E-state index in [1.807, 2.05) is 36.6 Å². The highest BCUT2D eigenvalue weighted by Crippen LogP contribution is 2.33. The van der Waals surface area contributed by atoms with Crippen LogP contribution in [-0.2, 0) is 16.0 Å². The molecule has 0 unspecified atom stereocenters. The molecule has 0 spiro atoms. The Balaban J connectivity index is 1.43. The summed E-state index contributed by atoms with van der Waals surface area (Å²) >= 11 is 1.63. The molecule has 1 aliphatic carbocycles. The predicted molar refractivity (Wildman–Crippen MR) is 129 cm³/mol. The average Bonchev–Trinajstić information content (AvgIpc) is 3.51. The number of carbonyl (C=O) groups is 2. The summed E-state index contributed by atoms with van der Waals surface area (Å²) in [5.74, 6) is 0.700. The number of thioether (sulfide) groups is 1. The van der Waals surface area contributed by atoms with Gasteiger partial charge in [-0.3, -0.25) is 9.59 Å². The van der Waals surface area contributed by atoms with Crippen LogP contribution in [0, 0.1) is 11.3 Å². The normalized spacial score (nSPS) is 13.6. The summed E-state index contributed by atoms with van der Waals surface area (Å²) < 4.78 is 2.29. The van der Waals surface area contributed by atoms with Crippen molar-refractivity contribution in [3.8, 4) is 6.07 Å². The fraction of sp³-hybridized carbons (Fsp3) is 0.542. The molecule has 8 nitrogen and oxygen atoms in total. The van der Waals surface area contributed by atoms with E-state index in [0.29, 0.717) is 19.1 Å². The van der Waals surface area contributed by atoms with Gasteiger partial charge >= 0.3 is 0 Å². The second-order valence-corrected chi connectivity index (χ2v) is 8.93. The number of anilines is 1. The third-order valence-electron chi connectivity index (χ3n) is 5.89. The van der Waals surface area contributed by atoms with Crippen LogP contribution in [0.5, 0.6) is 0 Å². The third kappa shape index (κ3) is 7.06. The molecule has 2 aromatic rings. The van der Waals surface area contributed by atoms with Crippen molar-refractivity contribution in [3.63, 3.8) is 0 Å². The van der Waals surface area contributed by atoms with Gasteiger partial charge in [-0.05, 0) is 37.7 Å². The number of hydrogen-bond donors (Lipinski definition) is 1. The fourth-order valence-electron chi connectivity index (χ4n) is 4.23. The van der Waals surface area contributed by atoms with Gasteiger partial charge in [-0.25, -0.2) is 0 Å². The molecule has 0 saturated heterocycles. The van der Waals surface area contributed by atoms with Crippen LogP contribution in [0.1, 0.15) is 63.2 Å². The second kappa shape index (κ2) is 13.0. The highest BCUT2D eigenvalue weighted by Gasteiger charge is 2.23. The monoisotopic (exact) mass is 468 g/mol. The lowest BCUT2D eigenvalue weighted by molar-refractivity contribution is -0.125. The van der Waals surface area contributed by atoms with Crippen LogP contribution in [0.25, 0.3) is 0 Å². The first-order chi connectivity index (χ1) is 16.1. The zero-order valence-corrected chi connectivity index (χ0v) is 20.0. The molecule has 1 fully saturated rings. The standard InChI is InChI=1S/C24H32N6O2S/c1-33-24-28-27-21(30(24)20-11-5-6-12-20)13-7-17-26-22(31)14-15-23(32)29(18-8-16-25)19-9-3-2-4-10-19/h2-4,9-10,20H,5-8,11-15,17-18H2,1H3,(H,26,31). The molecule has 9 heteroatoms. The number of aryl methyl sites for hydroxylation is 1. The van der Waals surface area contributed by atoms with Crippen molar-refractivity contribution in [1.82, 2.24) is 20.1 Å². The number of nitrogens with one attached hydrogen (secondary N) is 1. The van der Waals surface area contributed by atoms with Crippen LogP contribution in [0.2, 0.25) is 0 Å². The van der Waals surface area contributed by atoms with E-state index in [4.69, 9.17) is 5.26 Å². The first-order valence-electron chi connectivity index (χ1n) is 11.6. The lowest BCUT2D eigenvalue weighted by Gasteiger charge is -2.21. The molecule has 1 N–H and O–H groups in total. The summed E-state index contributed by atoms with van der Waals surface area (Å²) in [6.45, 7) is 0.858. The molecule has 33 heavy (non-hydrogen) atoms. The SMILES string of the molecule is CSc1nnc(CCCNC(=O)CCC(=O)N(CCC#N)c2ccccc2)n1C1CCCC1. The summed E-state index contributed by atoms with van der Waals surface area (Å²) in [4.78, 5) is 26.5. The molecule has 2 amide bonds. The van der Waals surface area contributed by atoms with Crippen molar-refractivity contribution in [2.24, 2.45) is 0 Å². The van der Waals surface area contributed by atoms with Crippen molar-refractivity contribution < 1.29 is 9.59 Å². The van der Waals surface area contributed by atoms with Crippen LogP contribution in [-0.4, -0.2) is 45.9 Å². The maximum Gasteiger partial charge on any atom is 0.227 e. The van der Waals surface area contributed by atoms with Crippen molar-refractivity contribution in [2.75, 3.05) is 24.2 Å². The van der Waals surface area contributed by atoms with Crippen molar-refractivity contribution >= 4 is 29.3 Å². The summed E-state index contributed by atoms with van der Waals surface area (Å²) in [6, 6.07) is 11.8. The number of nitrogens with zero attached hydrogens (tertiary/aromatic N) is 5. The lowest BCUT2D eigenvalue weighted by atomic mass is 10.2. The van der Waals surface area contributed by atoms with E-state index in [1.165, 1.54) is 25.7 Å². The summed E-state index contributed by atoms with van der Waals surface area (Å²) in [5, 5.41) is 21.5. The molecular weight excluding hydrogens is 436 g/mol. The highest BCUT2D eigenvalue weighted by atomic mass is 32.2. The van der Waals surface area contributed by atoms with Crippen molar-refractivity contribution in [3.05, 3.63) is 36.2 Å². The van der Waals surface area contributed by atoms with E-state index < -0.39 is 0 Å². The molecule has 3 rings (SSSR count). The van der Waals surface area contributed by atoms with Crippen LogP contribution in [0.3, 0.4) is 0 Å². The number of para-hydroxylation sites is 1. The molecule has 1 saturated carbocycles. The zero-order chi connectivity index (χ0) is 23.5. The Kier molecular flexibility index (Phi) is 9.76. The molecular formula is C24H32N6O2S. The first-order valence-corrected chi connectivity index (χ1v) is 12.8. The molecule has 0 aliphatic heterocycles. The van der Waals surface area contributed by atoms with E-state index in [-0.39, 0.29) is 31.1 Å². The largest absolute Gasteiger partial charge is 0.356 e. The number of hydrogen-bond acceptors (Lipinski definition) is 6. The fourth-order valence-corrected chi connectivity index (χ4v) is 4.81. The number of aromatic nitrogens is 3. The number of nitriles is 1. The highest BCUT2D eigenvalue weighted by molar-refractivity contribution is 7.98. The minimum Gasteiger partial charge on any atom is -0.356 e. The van der Waals surface area contributed by atoms with E-state index in [0.717, 1.165) is 29.5 Å². The number of carbonyl (C=O) groups excluding carboxylic acids is 2. The van der Waals surface area contributed by atoms with E-state index >= 15 is 0 Å². The topological polar surface area (TPSA) is 104 Å².